The third kappa shape index (κ3) is 8.32. The largest absolute Gasteiger partial charge is 0.419 e. The molecule has 0 bridgehead atoms. The summed E-state index contributed by atoms with van der Waals surface area (Å²) >= 11 is 0. The Labute approximate surface area is 296 Å². The predicted octanol–water partition coefficient (Wildman–Crippen LogP) is 4.90. The lowest BCUT2D eigenvalue weighted by Gasteiger charge is -2.43. The van der Waals surface area contributed by atoms with Gasteiger partial charge in [0.05, 0.1) is 45.6 Å². The second kappa shape index (κ2) is 14.4. The van der Waals surface area contributed by atoms with E-state index in [0.717, 1.165) is 6.07 Å². The number of sulfonamides is 1. The Bertz CT molecular complexity index is 2020. The zero-order chi connectivity index (χ0) is 37.4. The Morgan fingerprint density at radius 3 is 2.27 bits per heavy atom. The third-order valence-corrected chi connectivity index (χ3v) is 10.9. The van der Waals surface area contributed by atoms with Crippen LogP contribution in [0.25, 0.3) is 11.3 Å². The lowest BCUT2D eigenvalue weighted by Crippen LogP contribution is -2.53. The summed E-state index contributed by atoms with van der Waals surface area (Å²) in [4.78, 5) is 22.4. The van der Waals surface area contributed by atoms with Crippen molar-refractivity contribution in [2.24, 2.45) is 0 Å². The van der Waals surface area contributed by atoms with Crippen LogP contribution >= 0.6 is 0 Å². The molecule has 2 aromatic heterocycles. The van der Waals surface area contributed by atoms with Crippen molar-refractivity contribution in [3.63, 3.8) is 0 Å². The summed E-state index contributed by atoms with van der Waals surface area (Å²) in [6.07, 6.45) is -0.288. The normalized spacial score (nSPS) is 17.0. The van der Waals surface area contributed by atoms with Crippen molar-refractivity contribution < 1.29 is 36.0 Å². The monoisotopic (exact) mass is 747 g/mol. The summed E-state index contributed by atoms with van der Waals surface area (Å²) in [5, 5.41) is 27.9. The zero-order valence-corrected chi connectivity index (χ0v) is 29.1. The SMILES string of the molecule is CC(C)(O)Cn1cc(-c2nc(Nc3ccc(S(=O)(=O)N4CCC(N5CCN(c6ccc([N+](=O)[O-])cc6F)CC5)CC4)cc3)ncc2C(F)(F)F)cn1. The number of nitro benzene ring substituents is 1. The lowest BCUT2D eigenvalue weighted by molar-refractivity contribution is -0.385. The zero-order valence-electron chi connectivity index (χ0n) is 28.3. The average Bonchev–Trinajstić information content (AvgIpc) is 3.55. The Kier molecular flexibility index (Phi) is 10.2. The van der Waals surface area contributed by atoms with Crippen LogP contribution in [0.3, 0.4) is 0 Å². The van der Waals surface area contributed by atoms with Gasteiger partial charge in [0.25, 0.3) is 5.69 Å². The molecule has 0 atom stereocenters. The summed E-state index contributed by atoms with van der Waals surface area (Å²) in [7, 11) is -3.83. The van der Waals surface area contributed by atoms with Crippen molar-refractivity contribution in [1.82, 2.24) is 29.0 Å². The molecule has 0 unspecified atom stereocenters. The van der Waals surface area contributed by atoms with E-state index < -0.39 is 43.8 Å². The maximum Gasteiger partial charge on any atom is 0.419 e. The first-order valence-corrected chi connectivity index (χ1v) is 17.9. The highest BCUT2D eigenvalue weighted by Crippen LogP contribution is 2.36. The summed E-state index contributed by atoms with van der Waals surface area (Å²) in [6.45, 7) is 6.08. The van der Waals surface area contributed by atoms with Gasteiger partial charge in [0, 0.05) is 75.0 Å². The van der Waals surface area contributed by atoms with Gasteiger partial charge in [0.2, 0.25) is 16.0 Å². The summed E-state index contributed by atoms with van der Waals surface area (Å²) in [5.74, 6) is -0.786. The first-order valence-electron chi connectivity index (χ1n) is 16.5. The van der Waals surface area contributed by atoms with Crippen LogP contribution in [0.1, 0.15) is 32.3 Å². The number of rotatable bonds is 10. The fourth-order valence-electron chi connectivity index (χ4n) is 6.47. The number of piperidine rings is 1. The second-order valence-electron chi connectivity index (χ2n) is 13.4. The molecule has 2 fully saturated rings. The topological polar surface area (TPSA) is 163 Å². The van der Waals surface area contributed by atoms with E-state index in [1.54, 1.807) is 13.8 Å². The first kappa shape index (κ1) is 37.1. The van der Waals surface area contributed by atoms with E-state index in [0.29, 0.717) is 69.7 Å². The molecule has 6 rings (SSSR count). The van der Waals surface area contributed by atoms with E-state index >= 15 is 0 Å². The second-order valence-corrected chi connectivity index (χ2v) is 15.3. The van der Waals surface area contributed by atoms with Crippen molar-refractivity contribution in [3.05, 3.63) is 82.6 Å². The number of hydrogen-bond donors (Lipinski definition) is 2. The molecule has 4 aromatic rings. The number of nitrogens with zero attached hydrogens (tertiary/aromatic N) is 8. The fourth-order valence-corrected chi connectivity index (χ4v) is 7.94. The molecule has 0 spiro atoms. The minimum Gasteiger partial charge on any atom is -0.389 e. The molecule has 2 aliphatic heterocycles. The molecule has 2 N–H and O–H groups in total. The number of alkyl halides is 3. The summed E-state index contributed by atoms with van der Waals surface area (Å²) in [6, 6.07) is 9.56. The Balaban J connectivity index is 1.06. The summed E-state index contributed by atoms with van der Waals surface area (Å²) in [5.41, 5.74) is -2.17. The molecule has 0 saturated carbocycles. The van der Waals surface area contributed by atoms with Gasteiger partial charge in [-0.2, -0.15) is 22.6 Å². The van der Waals surface area contributed by atoms with E-state index in [4.69, 9.17) is 0 Å². The molecule has 19 heteroatoms. The maximum absolute atomic E-state index is 14.5. The number of anilines is 3. The molecule has 4 heterocycles. The van der Waals surface area contributed by atoms with Crippen LogP contribution in [0.15, 0.2) is 66.0 Å². The molecular formula is C33H37F4N9O5S. The molecule has 2 saturated heterocycles. The van der Waals surface area contributed by atoms with Gasteiger partial charge in [-0.15, -0.1) is 0 Å². The molecule has 0 amide bonds. The van der Waals surface area contributed by atoms with Crippen molar-refractivity contribution in [2.45, 2.75) is 55.9 Å². The van der Waals surface area contributed by atoms with Gasteiger partial charge >= 0.3 is 6.18 Å². The van der Waals surface area contributed by atoms with E-state index in [9.17, 15) is 41.2 Å². The Hall–Kier alpha value is -4.72. The van der Waals surface area contributed by atoms with E-state index in [1.807, 2.05) is 4.90 Å². The number of aliphatic hydroxyl groups is 1. The Morgan fingerprint density at radius 1 is 1.00 bits per heavy atom. The summed E-state index contributed by atoms with van der Waals surface area (Å²) < 4.78 is 85.9. The van der Waals surface area contributed by atoms with Crippen molar-refractivity contribution >= 4 is 33.0 Å². The molecule has 2 aliphatic rings. The quantitative estimate of drug-likeness (QED) is 0.129. The van der Waals surface area contributed by atoms with Crippen LogP contribution < -0.4 is 10.2 Å². The van der Waals surface area contributed by atoms with Crippen LogP contribution in [0.2, 0.25) is 0 Å². The highest BCUT2D eigenvalue weighted by Gasteiger charge is 2.36. The number of piperazine rings is 1. The van der Waals surface area contributed by atoms with Crippen LogP contribution in [-0.2, 0) is 22.7 Å². The van der Waals surface area contributed by atoms with Gasteiger partial charge in [0.15, 0.2) is 5.82 Å². The van der Waals surface area contributed by atoms with Gasteiger partial charge in [0.1, 0.15) is 5.56 Å². The predicted molar refractivity (Wildman–Crippen MR) is 183 cm³/mol. The van der Waals surface area contributed by atoms with Crippen LogP contribution in [-0.4, -0.2) is 98.3 Å². The van der Waals surface area contributed by atoms with Gasteiger partial charge < -0.3 is 15.3 Å². The first-order chi connectivity index (χ1) is 24.5. The maximum atomic E-state index is 14.5. The standard InChI is InChI=1S/C33H37F4N9O5S/c1-32(2,47)21-44-20-22(18-39-44)30-27(33(35,36)37)19-38-31(41-30)40-23-3-6-26(7-4-23)52(50,51)45-11-9-24(10-12-45)42-13-15-43(16-14-42)29-8-5-25(46(48)49)17-28(29)34/h3-8,17-20,24,47H,9-16,21H2,1-2H3,(H,38,40,41). The molecule has 14 nitrogen and oxygen atoms in total. The third-order valence-electron chi connectivity index (χ3n) is 9.03. The molecule has 2 aromatic carbocycles. The number of aromatic nitrogens is 4. The number of benzene rings is 2. The van der Waals surface area contributed by atoms with Gasteiger partial charge in [-0.3, -0.25) is 19.7 Å². The van der Waals surface area contributed by atoms with Gasteiger partial charge in [-0.1, -0.05) is 0 Å². The van der Waals surface area contributed by atoms with Crippen molar-refractivity contribution in [2.75, 3.05) is 49.5 Å². The smallest absolute Gasteiger partial charge is 0.389 e. The van der Waals surface area contributed by atoms with E-state index in [1.165, 1.54) is 57.8 Å². The molecule has 52 heavy (non-hydrogen) atoms. The minimum atomic E-state index is -4.75. The van der Waals surface area contributed by atoms with Gasteiger partial charge in [-0.25, -0.2) is 22.8 Å². The molecule has 0 radical (unpaired) electrons. The number of nitro groups is 1. The number of non-ortho nitro benzene ring substituents is 1. The number of hydrogen-bond acceptors (Lipinski definition) is 11. The van der Waals surface area contributed by atoms with Gasteiger partial charge in [-0.05, 0) is 57.0 Å². The number of halogens is 4. The van der Waals surface area contributed by atoms with Crippen LogP contribution in [0.5, 0.6) is 0 Å². The fraction of sp³-hybridized carbons (Fsp3) is 0.424. The minimum absolute atomic E-state index is 0.0478. The number of nitrogens with one attached hydrogen (secondary N) is 1. The van der Waals surface area contributed by atoms with Crippen LogP contribution in [0, 0.1) is 15.9 Å². The average molecular weight is 748 g/mol. The molecule has 0 aliphatic carbocycles. The van der Waals surface area contributed by atoms with Crippen molar-refractivity contribution in [3.8, 4) is 11.3 Å². The highest BCUT2D eigenvalue weighted by atomic mass is 32.2. The van der Waals surface area contributed by atoms with E-state index in [-0.39, 0.29) is 34.7 Å². The van der Waals surface area contributed by atoms with Crippen molar-refractivity contribution in [1.29, 1.82) is 0 Å². The highest BCUT2D eigenvalue weighted by molar-refractivity contribution is 7.89. The molecular weight excluding hydrogens is 710 g/mol. The lowest BCUT2D eigenvalue weighted by atomic mass is 10.0. The van der Waals surface area contributed by atoms with Crippen LogP contribution in [0.4, 0.5) is 40.6 Å². The molecule has 278 valence electrons. The van der Waals surface area contributed by atoms with E-state index in [2.05, 4.69) is 25.3 Å². The Morgan fingerprint density at radius 2 is 1.67 bits per heavy atom.